The molecule has 2 heterocycles. The average molecular weight is 386 g/mol. The molecule has 6 heteroatoms. The van der Waals surface area contributed by atoms with E-state index in [1.807, 2.05) is 30.3 Å². The van der Waals surface area contributed by atoms with Crippen molar-refractivity contribution in [2.45, 2.75) is 20.0 Å². The first-order valence-corrected chi connectivity index (χ1v) is 9.35. The normalized spacial score (nSPS) is 11.0. The van der Waals surface area contributed by atoms with E-state index in [1.54, 1.807) is 19.4 Å². The Balaban J connectivity index is 1.64. The summed E-state index contributed by atoms with van der Waals surface area (Å²) in [7, 11) is 1.69. The van der Waals surface area contributed by atoms with Crippen LogP contribution in [0.2, 0.25) is 0 Å². The number of nitrogens with zero attached hydrogens (tertiary/aromatic N) is 3. The number of nitrogen functional groups attached to an aromatic ring is 1. The van der Waals surface area contributed by atoms with Gasteiger partial charge in [0.15, 0.2) is 5.82 Å². The highest BCUT2D eigenvalue weighted by Crippen LogP contribution is 2.31. The molecular weight excluding hydrogens is 364 g/mol. The molecule has 0 bridgehead atoms. The van der Waals surface area contributed by atoms with E-state index in [9.17, 15) is 0 Å². The largest absolute Gasteiger partial charge is 0.384 e. The molecule has 0 aliphatic carbocycles. The Bertz CT molecular complexity index is 1120. The minimum atomic E-state index is 0.483. The number of aromatic nitrogens is 3. The molecule has 0 saturated carbocycles. The lowest BCUT2D eigenvalue weighted by Crippen LogP contribution is -1.96. The van der Waals surface area contributed by atoms with Crippen LogP contribution in [0.15, 0.2) is 65.3 Å². The van der Waals surface area contributed by atoms with E-state index in [-0.39, 0.29) is 0 Å². The van der Waals surface area contributed by atoms with Crippen LogP contribution in [-0.2, 0) is 17.8 Å². The molecule has 0 aliphatic rings. The van der Waals surface area contributed by atoms with Gasteiger partial charge >= 0.3 is 0 Å². The number of ether oxygens (including phenoxy) is 1. The molecule has 29 heavy (non-hydrogen) atoms. The summed E-state index contributed by atoms with van der Waals surface area (Å²) in [6.45, 7) is 2.60. The van der Waals surface area contributed by atoms with Crippen LogP contribution in [0.25, 0.3) is 22.6 Å². The van der Waals surface area contributed by atoms with E-state index in [2.05, 4.69) is 40.2 Å². The summed E-state index contributed by atoms with van der Waals surface area (Å²) in [5.41, 5.74) is 12.1. The third-order valence-corrected chi connectivity index (χ3v) is 4.77. The highest BCUT2D eigenvalue weighted by molar-refractivity contribution is 5.73. The van der Waals surface area contributed by atoms with Crippen LogP contribution in [0.4, 0.5) is 5.82 Å². The minimum absolute atomic E-state index is 0.483. The third-order valence-electron chi connectivity index (χ3n) is 4.77. The average Bonchev–Trinajstić information content (AvgIpc) is 3.19. The molecule has 6 nitrogen and oxygen atoms in total. The third kappa shape index (κ3) is 4.17. The lowest BCUT2D eigenvalue weighted by atomic mass is 9.94. The van der Waals surface area contributed by atoms with Gasteiger partial charge in [-0.05, 0) is 52.9 Å². The maximum absolute atomic E-state index is 5.63. The molecule has 0 amide bonds. The number of hydrogen-bond acceptors (Lipinski definition) is 6. The van der Waals surface area contributed by atoms with Crippen LogP contribution >= 0.6 is 0 Å². The van der Waals surface area contributed by atoms with Gasteiger partial charge in [0.2, 0.25) is 0 Å². The molecule has 0 atom stereocenters. The zero-order valence-electron chi connectivity index (χ0n) is 16.4. The van der Waals surface area contributed by atoms with Gasteiger partial charge in [0.1, 0.15) is 5.82 Å². The van der Waals surface area contributed by atoms with Crippen molar-refractivity contribution in [1.82, 2.24) is 15.1 Å². The molecule has 0 radical (unpaired) electrons. The van der Waals surface area contributed by atoms with Gasteiger partial charge in [-0.1, -0.05) is 41.6 Å². The number of methoxy groups -OCH3 is 1. The Hall–Kier alpha value is -3.51. The van der Waals surface area contributed by atoms with Crippen LogP contribution in [0, 0.1) is 6.92 Å². The van der Waals surface area contributed by atoms with Crippen molar-refractivity contribution in [2.75, 3.05) is 12.8 Å². The van der Waals surface area contributed by atoms with Gasteiger partial charge in [0, 0.05) is 25.3 Å². The van der Waals surface area contributed by atoms with Crippen molar-refractivity contribution in [2.24, 2.45) is 0 Å². The molecule has 2 N–H and O–H groups in total. The van der Waals surface area contributed by atoms with Gasteiger partial charge < -0.3 is 15.0 Å². The van der Waals surface area contributed by atoms with Crippen LogP contribution in [-0.4, -0.2) is 22.2 Å². The fourth-order valence-electron chi connectivity index (χ4n) is 3.31. The monoisotopic (exact) mass is 386 g/mol. The Labute approximate surface area is 169 Å². The van der Waals surface area contributed by atoms with Gasteiger partial charge in [-0.15, -0.1) is 0 Å². The molecule has 0 unspecified atom stereocenters. The summed E-state index contributed by atoms with van der Waals surface area (Å²) in [4.78, 5) is 8.64. The predicted octanol–water partition coefficient (Wildman–Crippen LogP) is 4.43. The lowest BCUT2D eigenvalue weighted by molar-refractivity contribution is 0.185. The lowest BCUT2D eigenvalue weighted by Gasteiger charge is -2.12. The summed E-state index contributed by atoms with van der Waals surface area (Å²) >= 11 is 0. The van der Waals surface area contributed by atoms with Crippen molar-refractivity contribution in [3.63, 3.8) is 0 Å². The first-order chi connectivity index (χ1) is 14.1. The first kappa shape index (κ1) is 18.8. The number of pyridine rings is 1. The molecule has 2 aromatic heterocycles. The molecule has 4 rings (SSSR count). The molecule has 4 aromatic rings. The molecule has 0 saturated heterocycles. The Kier molecular flexibility index (Phi) is 5.35. The van der Waals surface area contributed by atoms with Gasteiger partial charge in [-0.2, -0.15) is 4.98 Å². The Morgan fingerprint density at radius 1 is 1.03 bits per heavy atom. The zero-order valence-corrected chi connectivity index (χ0v) is 16.4. The molecule has 0 spiro atoms. The highest BCUT2D eigenvalue weighted by atomic mass is 16.5. The van der Waals surface area contributed by atoms with Gasteiger partial charge in [0.05, 0.1) is 6.61 Å². The number of benzene rings is 2. The molecule has 0 aliphatic heterocycles. The summed E-state index contributed by atoms with van der Waals surface area (Å²) in [6.07, 6.45) is 2.25. The molecular formula is C23H22N4O2. The standard InChI is InChI=1S/C23H22N4O2/c1-15-5-3-4-6-19(15)20-9-8-17(12-18(20)14-28-2)23-26-22(27-29-23)11-16-7-10-21(24)25-13-16/h3-10,12-13H,11,14H2,1-2H3,(H2,24,25). The minimum Gasteiger partial charge on any atom is -0.384 e. The van der Waals surface area contributed by atoms with Crippen molar-refractivity contribution in [3.8, 4) is 22.6 Å². The zero-order chi connectivity index (χ0) is 20.2. The molecule has 146 valence electrons. The van der Waals surface area contributed by atoms with Crippen molar-refractivity contribution in [3.05, 3.63) is 83.3 Å². The van der Waals surface area contributed by atoms with Gasteiger partial charge in [0.25, 0.3) is 5.89 Å². The summed E-state index contributed by atoms with van der Waals surface area (Å²) < 4.78 is 10.9. The van der Waals surface area contributed by atoms with Crippen LogP contribution in [0.5, 0.6) is 0 Å². The number of aryl methyl sites for hydroxylation is 1. The fourth-order valence-corrected chi connectivity index (χ4v) is 3.31. The number of nitrogens with two attached hydrogens (primary N) is 1. The second-order valence-corrected chi connectivity index (χ2v) is 6.90. The first-order valence-electron chi connectivity index (χ1n) is 9.35. The van der Waals surface area contributed by atoms with E-state index in [0.29, 0.717) is 30.6 Å². The van der Waals surface area contributed by atoms with Crippen LogP contribution in [0.1, 0.15) is 22.5 Å². The number of rotatable bonds is 6. The SMILES string of the molecule is COCc1cc(-c2nc(Cc3ccc(N)nc3)no2)ccc1-c1ccccc1C. The van der Waals surface area contributed by atoms with E-state index < -0.39 is 0 Å². The van der Waals surface area contributed by atoms with E-state index in [1.165, 1.54) is 11.1 Å². The number of hydrogen-bond donors (Lipinski definition) is 1. The van der Waals surface area contributed by atoms with Gasteiger partial charge in [-0.3, -0.25) is 0 Å². The maximum atomic E-state index is 5.63. The second kappa shape index (κ2) is 8.24. The van der Waals surface area contributed by atoms with E-state index in [0.717, 1.165) is 22.3 Å². The van der Waals surface area contributed by atoms with E-state index in [4.69, 9.17) is 15.0 Å². The molecule has 0 fully saturated rings. The predicted molar refractivity (Wildman–Crippen MR) is 112 cm³/mol. The Morgan fingerprint density at radius 2 is 1.90 bits per heavy atom. The molecule has 2 aromatic carbocycles. The fraction of sp³-hybridized carbons (Fsp3) is 0.174. The quantitative estimate of drug-likeness (QED) is 0.528. The van der Waals surface area contributed by atoms with Crippen molar-refractivity contribution < 1.29 is 9.26 Å². The topological polar surface area (TPSA) is 87.1 Å². The van der Waals surface area contributed by atoms with Crippen molar-refractivity contribution in [1.29, 1.82) is 0 Å². The number of anilines is 1. The Morgan fingerprint density at radius 3 is 2.66 bits per heavy atom. The van der Waals surface area contributed by atoms with Crippen LogP contribution in [0.3, 0.4) is 0 Å². The summed E-state index contributed by atoms with van der Waals surface area (Å²) in [5.74, 6) is 1.57. The van der Waals surface area contributed by atoms with Crippen LogP contribution < -0.4 is 5.73 Å². The van der Waals surface area contributed by atoms with Crippen molar-refractivity contribution >= 4 is 5.82 Å². The summed E-state index contributed by atoms with van der Waals surface area (Å²) in [6, 6.07) is 18.1. The smallest absolute Gasteiger partial charge is 0.257 e. The maximum Gasteiger partial charge on any atom is 0.257 e. The summed E-state index contributed by atoms with van der Waals surface area (Å²) in [5, 5.41) is 4.10. The van der Waals surface area contributed by atoms with E-state index >= 15 is 0 Å². The highest BCUT2D eigenvalue weighted by Gasteiger charge is 2.14. The van der Waals surface area contributed by atoms with Gasteiger partial charge in [-0.25, -0.2) is 4.98 Å². The second-order valence-electron chi connectivity index (χ2n) is 6.90.